The normalized spacial score (nSPS) is 14.8. The second kappa shape index (κ2) is 10.7. The van der Waals surface area contributed by atoms with Crippen molar-refractivity contribution in [1.29, 1.82) is 0 Å². The molecule has 1 amide bonds. The Morgan fingerprint density at radius 1 is 1.03 bits per heavy atom. The molecule has 0 atom stereocenters. The number of carbonyl (C=O) groups excluding carboxylic acids is 1. The van der Waals surface area contributed by atoms with Crippen LogP contribution in [0.2, 0.25) is 0 Å². The lowest BCUT2D eigenvalue weighted by Crippen LogP contribution is -2.50. The van der Waals surface area contributed by atoms with Crippen molar-refractivity contribution in [2.75, 3.05) is 53.4 Å². The van der Waals surface area contributed by atoms with Crippen molar-refractivity contribution in [2.24, 2.45) is 0 Å². The van der Waals surface area contributed by atoms with Gasteiger partial charge in [-0.05, 0) is 37.9 Å². The second-order valence-electron chi connectivity index (χ2n) is 9.29. The second-order valence-corrected chi connectivity index (χ2v) is 9.29. The van der Waals surface area contributed by atoms with E-state index in [-0.39, 0.29) is 11.6 Å². The molecule has 1 saturated heterocycles. The number of H-pyrrole nitrogens is 1. The van der Waals surface area contributed by atoms with Crippen LogP contribution < -0.4 is 0 Å². The van der Waals surface area contributed by atoms with Crippen LogP contribution in [0.25, 0.3) is 22.5 Å². The molecule has 4 rings (SSSR count). The maximum absolute atomic E-state index is 13.6. The van der Waals surface area contributed by atoms with Crippen molar-refractivity contribution in [3.63, 3.8) is 0 Å². The summed E-state index contributed by atoms with van der Waals surface area (Å²) < 4.78 is 39.1. The summed E-state index contributed by atoms with van der Waals surface area (Å²) >= 11 is 0. The van der Waals surface area contributed by atoms with Crippen molar-refractivity contribution in [1.82, 2.24) is 19.7 Å². The number of benzene rings is 2. The van der Waals surface area contributed by atoms with Gasteiger partial charge in [0, 0.05) is 62.7 Å². The molecule has 1 aliphatic rings. The number of carbonyl (C=O) groups is 1. The lowest BCUT2D eigenvalue weighted by atomic mass is 10.1. The van der Waals surface area contributed by atoms with Gasteiger partial charge >= 0.3 is 6.18 Å². The number of hydrogen-bond donors (Lipinski definition) is 1. The number of alkyl halides is 3. The van der Waals surface area contributed by atoms with Gasteiger partial charge in [-0.1, -0.05) is 24.3 Å². The minimum absolute atomic E-state index is 0.129. The Kier molecular flexibility index (Phi) is 7.65. The third-order valence-electron chi connectivity index (χ3n) is 6.44. The summed E-state index contributed by atoms with van der Waals surface area (Å²) in [5, 5.41) is 11.3. The molecular weight excluding hydrogens is 487 g/mol. The highest BCUT2D eigenvalue weighted by Gasteiger charge is 2.30. The van der Waals surface area contributed by atoms with E-state index >= 15 is 0 Å². The molecule has 1 fully saturated rings. The largest absolute Gasteiger partial charge is 0.416 e. The fraction of sp³-hybridized carbons (Fsp3) is 0.346. The van der Waals surface area contributed by atoms with E-state index in [1.54, 1.807) is 17.0 Å². The van der Waals surface area contributed by atoms with Crippen molar-refractivity contribution >= 4 is 11.6 Å². The number of amides is 1. The average Bonchev–Trinajstić information content (AvgIpc) is 3.32. The molecule has 8 nitrogen and oxygen atoms in total. The van der Waals surface area contributed by atoms with E-state index in [0.29, 0.717) is 41.2 Å². The smallest absolute Gasteiger partial charge is 0.354 e. The summed E-state index contributed by atoms with van der Waals surface area (Å²) in [5.41, 5.74) is 1.16. The zero-order chi connectivity index (χ0) is 26.7. The van der Waals surface area contributed by atoms with Gasteiger partial charge in [0.15, 0.2) is 0 Å². The lowest BCUT2D eigenvalue weighted by molar-refractivity contribution is -0.384. The zero-order valence-corrected chi connectivity index (χ0v) is 20.6. The monoisotopic (exact) mass is 515 g/mol. The number of non-ortho nitro benzene ring substituents is 1. The SMILES string of the molecule is CN(C)CCN1CCN(C(=O)c2cc(-c3ccc(C(F)(F)F)cc3)[nH]c2-c2cccc([N+](=O)[O-])c2)CC1. The first-order chi connectivity index (χ1) is 17.5. The summed E-state index contributed by atoms with van der Waals surface area (Å²) in [6.07, 6.45) is -4.46. The number of rotatable bonds is 7. The van der Waals surface area contributed by atoms with E-state index < -0.39 is 16.7 Å². The molecule has 1 aromatic heterocycles. The topological polar surface area (TPSA) is 85.7 Å². The number of aromatic nitrogens is 1. The molecule has 0 saturated carbocycles. The Morgan fingerprint density at radius 3 is 2.30 bits per heavy atom. The number of nitro benzene ring substituents is 1. The molecule has 1 aliphatic heterocycles. The van der Waals surface area contributed by atoms with E-state index in [1.807, 2.05) is 14.1 Å². The molecule has 2 aromatic carbocycles. The van der Waals surface area contributed by atoms with Crippen LogP contribution in [0.15, 0.2) is 54.6 Å². The minimum atomic E-state index is -4.46. The lowest BCUT2D eigenvalue weighted by Gasteiger charge is -2.35. The molecule has 0 radical (unpaired) electrons. The Labute approximate surface area is 212 Å². The van der Waals surface area contributed by atoms with Gasteiger partial charge in [0.05, 0.1) is 21.7 Å². The first kappa shape index (κ1) is 26.4. The fourth-order valence-corrected chi connectivity index (χ4v) is 4.31. The van der Waals surface area contributed by atoms with Crippen LogP contribution in [-0.4, -0.2) is 83.9 Å². The summed E-state index contributed by atoms with van der Waals surface area (Å²) in [5.74, 6) is -0.233. The van der Waals surface area contributed by atoms with Crippen LogP contribution in [0, 0.1) is 10.1 Å². The van der Waals surface area contributed by atoms with Gasteiger partial charge in [0.25, 0.3) is 11.6 Å². The predicted octanol–water partition coefficient (Wildman–Crippen LogP) is 4.60. The van der Waals surface area contributed by atoms with E-state index in [0.717, 1.165) is 38.3 Å². The Hall–Kier alpha value is -3.70. The molecule has 0 aliphatic carbocycles. The van der Waals surface area contributed by atoms with E-state index in [9.17, 15) is 28.1 Å². The summed E-state index contributed by atoms with van der Waals surface area (Å²) in [6.45, 7) is 4.32. The van der Waals surface area contributed by atoms with Crippen LogP contribution in [0.5, 0.6) is 0 Å². The van der Waals surface area contributed by atoms with Crippen LogP contribution in [0.4, 0.5) is 18.9 Å². The highest BCUT2D eigenvalue weighted by molar-refractivity contribution is 6.02. The highest BCUT2D eigenvalue weighted by atomic mass is 19.4. The number of aromatic amines is 1. The van der Waals surface area contributed by atoms with Gasteiger partial charge in [0.2, 0.25) is 0 Å². The third kappa shape index (κ3) is 6.17. The maximum atomic E-state index is 13.6. The Bertz CT molecular complexity index is 1260. The summed E-state index contributed by atoms with van der Waals surface area (Å²) in [7, 11) is 4.02. The van der Waals surface area contributed by atoms with Crippen LogP contribution in [0.1, 0.15) is 15.9 Å². The van der Waals surface area contributed by atoms with E-state index in [1.165, 1.54) is 30.3 Å². The first-order valence-electron chi connectivity index (χ1n) is 11.8. The maximum Gasteiger partial charge on any atom is 0.416 e. The number of hydrogen-bond acceptors (Lipinski definition) is 5. The minimum Gasteiger partial charge on any atom is -0.354 e. The average molecular weight is 516 g/mol. The van der Waals surface area contributed by atoms with Crippen LogP contribution in [0.3, 0.4) is 0 Å². The van der Waals surface area contributed by atoms with Gasteiger partial charge < -0.3 is 14.8 Å². The molecule has 37 heavy (non-hydrogen) atoms. The van der Waals surface area contributed by atoms with Crippen LogP contribution >= 0.6 is 0 Å². The molecule has 196 valence electrons. The molecule has 3 aromatic rings. The molecule has 0 bridgehead atoms. The number of nitrogens with one attached hydrogen (secondary N) is 1. The highest BCUT2D eigenvalue weighted by Crippen LogP contribution is 2.34. The first-order valence-corrected chi connectivity index (χ1v) is 11.8. The number of likely N-dealkylation sites (N-methyl/N-ethyl adjacent to an activating group) is 1. The summed E-state index contributed by atoms with van der Waals surface area (Å²) in [6, 6.07) is 12.2. The van der Waals surface area contributed by atoms with Crippen molar-refractivity contribution in [3.05, 3.63) is 75.8 Å². The van der Waals surface area contributed by atoms with Gasteiger partial charge in [0.1, 0.15) is 0 Å². The number of nitrogens with zero attached hydrogens (tertiary/aromatic N) is 4. The molecule has 1 N–H and O–H groups in total. The Balaban J connectivity index is 1.66. The van der Waals surface area contributed by atoms with Crippen molar-refractivity contribution < 1.29 is 22.9 Å². The van der Waals surface area contributed by atoms with Crippen LogP contribution in [-0.2, 0) is 6.18 Å². The van der Waals surface area contributed by atoms with Gasteiger partial charge in [-0.25, -0.2) is 0 Å². The molecule has 0 unspecified atom stereocenters. The molecule has 0 spiro atoms. The Morgan fingerprint density at radius 2 is 1.70 bits per heavy atom. The van der Waals surface area contributed by atoms with Gasteiger partial charge in [-0.15, -0.1) is 0 Å². The molecule has 2 heterocycles. The van der Waals surface area contributed by atoms with E-state index in [4.69, 9.17) is 0 Å². The fourth-order valence-electron chi connectivity index (χ4n) is 4.31. The molecule has 11 heteroatoms. The van der Waals surface area contributed by atoms with Crippen molar-refractivity contribution in [2.45, 2.75) is 6.18 Å². The van der Waals surface area contributed by atoms with Crippen molar-refractivity contribution in [3.8, 4) is 22.5 Å². The van der Waals surface area contributed by atoms with E-state index in [2.05, 4.69) is 14.8 Å². The quantitative estimate of drug-likeness (QED) is 0.367. The standard InChI is InChI=1S/C26H28F3N5O3/c1-31(2)10-11-32-12-14-33(15-13-32)25(35)22-17-23(18-6-8-20(9-7-18)26(27,28)29)30-24(22)19-4-3-5-21(16-19)34(36)37/h3-9,16-17,30H,10-15H2,1-2H3. The predicted molar refractivity (Wildman–Crippen MR) is 134 cm³/mol. The number of piperazine rings is 1. The zero-order valence-electron chi connectivity index (χ0n) is 20.6. The third-order valence-corrected chi connectivity index (χ3v) is 6.44. The van der Waals surface area contributed by atoms with Gasteiger partial charge in [-0.2, -0.15) is 13.2 Å². The number of halogens is 3. The van der Waals surface area contributed by atoms with Gasteiger partial charge in [-0.3, -0.25) is 19.8 Å². The molecular formula is C26H28F3N5O3. The summed E-state index contributed by atoms with van der Waals surface area (Å²) in [4.78, 5) is 33.7. The number of nitro groups is 1.